The van der Waals surface area contributed by atoms with Gasteiger partial charge in [-0.3, -0.25) is 13.2 Å². The van der Waals surface area contributed by atoms with Crippen molar-refractivity contribution in [3.63, 3.8) is 0 Å². The molecule has 0 unspecified atom stereocenters. The number of nitro benzene ring substituents is 1. The van der Waals surface area contributed by atoms with E-state index in [9.17, 15) is 22.8 Å². The molecule has 0 aliphatic heterocycles. The van der Waals surface area contributed by atoms with E-state index in [1.165, 1.54) is 0 Å². The molecule has 0 aliphatic carbocycles. The van der Waals surface area contributed by atoms with Crippen LogP contribution in [0.5, 0.6) is 0 Å². The molecule has 1 aromatic rings. The smallest absolute Gasteiger partial charge is 0.337 e. The van der Waals surface area contributed by atoms with Gasteiger partial charge in [0.25, 0.3) is 5.69 Å². The lowest BCUT2D eigenvalue weighted by atomic mass is 10.1. The summed E-state index contributed by atoms with van der Waals surface area (Å²) < 4.78 is 10.5. The molecule has 0 radical (unpaired) electrons. The van der Waals surface area contributed by atoms with E-state index in [0.29, 0.717) is 12.1 Å². The summed E-state index contributed by atoms with van der Waals surface area (Å²) >= 11 is -2.07. The summed E-state index contributed by atoms with van der Waals surface area (Å²) in [5.41, 5.74) is -1.89. The summed E-state index contributed by atoms with van der Waals surface area (Å²) in [5, 5.41) is 28.0. The van der Waals surface area contributed by atoms with Crippen molar-refractivity contribution in [3.05, 3.63) is 36.9 Å². The molecule has 0 aliphatic rings. The molecule has 0 heterocycles. The third-order valence-corrected chi connectivity index (χ3v) is 3.41. The van der Waals surface area contributed by atoms with Crippen molar-refractivity contribution in [2.75, 3.05) is 0 Å². The van der Waals surface area contributed by atoms with E-state index in [4.69, 9.17) is 10.2 Å². The van der Waals surface area contributed by atoms with Gasteiger partial charge in [-0.25, -0.2) is 9.59 Å². The SMILES string of the molecule is O=Ic1c(C(=O)O)cc([N+](=O)[O-])cc1C(=O)O. The first kappa shape index (κ1) is 13.2. The lowest BCUT2D eigenvalue weighted by molar-refractivity contribution is -0.384. The van der Waals surface area contributed by atoms with E-state index in [0.717, 1.165) is 0 Å². The van der Waals surface area contributed by atoms with E-state index in [1.807, 2.05) is 0 Å². The van der Waals surface area contributed by atoms with Gasteiger partial charge in [-0.05, 0) is 0 Å². The zero-order valence-corrected chi connectivity index (χ0v) is 10.1. The van der Waals surface area contributed by atoms with Gasteiger partial charge >= 0.3 is 11.9 Å². The maximum atomic E-state index is 10.9. The molecule has 0 saturated carbocycles. The highest BCUT2D eigenvalue weighted by molar-refractivity contribution is 14.1. The molecular formula is C8H4INO7. The number of benzene rings is 1. The standard InChI is InChI=1S/C8H4INO7/c11-7(12)4-1-3(10(16)17)2-5(8(13)14)6(4)9-15/h1-2H,(H,11,12)(H,13,14). The summed E-state index contributed by atoms with van der Waals surface area (Å²) in [6, 6.07) is 1.39. The number of rotatable bonds is 4. The van der Waals surface area contributed by atoms with E-state index >= 15 is 0 Å². The molecular weight excluding hydrogens is 349 g/mol. The Morgan fingerprint density at radius 2 is 1.59 bits per heavy atom. The molecule has 2 N–H and O–H groups in total. The van der Waals surface area contributed by atoms with Crippen LogP contribution in [0.2, 0.25) is 0 Å². The summed E-state index contributed by atoms with van der Waals surface area (Å²) in [6.45, 7) is 0. The minimum absolute atomic E-state index is 0.366. The monoisotopic (exact) mass is 353 g/mol. The number of aromatic carboxylic acids is 2. The van der Waals surface area contributed by atoms with Crippen molar-refractivity contribution in [2.24, 2.45) is 0 Å². The second-order valence-electron chi connectivity index (χ2n) is 2.80. The summed E-state index contributed by atoms with van der Waals surface area (Å²) in [7, 11) is 0. The summed E-state index contributed by atoms with van der Waals surface area (Å²) in [4.78, 5) is 31.2. The Labute approximate surface area is 104 Å². The van der Waals surface area contributed by atoms with Crippen LogP contribution in [0.3, 0.4) is 0 Å². The minimum atomic E-state index is -2.07. The fourth-order valence-corrected chi connectivity index (χ4v) is 2.36. The molecule has 90 valence electrons. The van der Waals surface area contributed by atoms with Gasteiger partial charge in [0, 0.05) is 12.1 Å². The third kappa shape index (κ3) is 2.61. The van der Waals surface area contributed by atoms with Crippen LogP contribution in [-0.2, 0) is 3.07 Å². The number of hydrogen-bond acceptors (Lipinski definition) is 5. The van der Waals surface area contributed by atoms with Crippen LogP contribution in [0, 0.1) is 13.7 Å². The largest absolute Gasteiger partial charge is 0.478 e. The zero-order chi connectivity index (χ0) is 13.2. The number of nitro groups is 1. The molecule has 0 saturated heterocycles. The second kappa shape index (κ2) is 4.95. The van der Waals surface area contributed by atoms with Crippen molar-refractivity contribution in [1.82, 2.24) is 0 Å². The minimum Gasteiger partial charge on any atom is -0.478 e. The van der Waals surface area contributed by atoms with E-state index in [-0.39, 0.29) is 3.57 Å². The molecule has 1 rings (SSSR count). The molecule has 0 spiro atoms. The first-order valence-corrected chi connectivity index (χ1v) is 5.90. The highest BCUT2D eigenvalue weighted by Crippen LogP contribution is 2.26. The van der Waals surface area contributed by atoms with Crippen molar-refractivity contribution in [3.8, 4) is 0 Å². The predicted octanol–water partition coefficient (Wildman–Crippen LogP) is 1.48. The second-order valence-corrected chi connectivity index (χ2v) is 4.32. The van der Waals surface area contributed by atoms with Gasteiger partial charge in [0.1, 0.15) is 0 Å². The van der Waals surface area contributed by atoms with Crippen LogP contribution < -0.4 is 0 Å². The zero-order valence-electron chi connectivity index (χ0n) is 7.92. The molecule has 0 bridgehead atoms. The van der Waals surface area contributed by atoms with E-state index < -0.39 is 54.9 Å². The average Bonchev–Trinajstić information content (AvgIpc) is 2.26. The van der Waals surface area contributed by atoms with Crippen molar-refractivity contribution < 1.29 is 27.8 Å². The van der Waals surface area contributed by atoms with Crippen LogP contribution in [-0.4, -0.2) is 27.1 Å². The summed E-state index contributed by atoms with van der Waals surface area (Å²) in [6.07, 6.45) is 0. The number of carboxylic acid groups (broad SMARTS) is 2. The molecule has 8 nitrogen and oxygen atoms in total. The molecule has 0 atom stereocenters. The Bertz CT molecular complexity index is 504. The fraction of sp³-hybridized carbons (Fsp3) is 0. The number of hydrogen-bond donors (Lipinski definition) is 2. The van der Waals surface area contributed by atoms with Crippen molar-refractivity contribution in [1.29, 1.82) is 0 Å². The Kier molecular flexibility index (Phi) is 3.83. The highest BCUT2D eigenvalue weighted by atomic mass is 127. The Morgan fingerprint density at radius 3 is 1.82 bits per heavy atom. The van der Waals surface area contributed by atoms with Crippen molar-refractivity contribution >= 4 is 38.8 Å². The quantitative estimate of drug-likeness (QED) is 0.475. The van der Waals surface area contributed by atoms with Gasteiger partial charge in [0.05, 0.1) is 19.6 Å². The van der Waals surface area contributed by atoms with Gasteiger partial charge in [0.15, 0.2) is 21.2 Å². The van der Waals surface area contributed by atoms with E-state index in [1.54, 1.807) is 0 Å². The predicted molar refractivity (Wildman–Crippen MR) is 60.4 cm³/mol. The number of nitrogens with zero attached hydrogens (tertiary/aromatic N) is 1. The normalized spacial score (nSPS) is 9.88. The van der Waals surface area contributed by atoms with Crippen LogP contribution in [0.15, 0.2) is 12.1 Å². The fourth-order valence-electron chi connectivity index (χ4n) is 1.11. The van der Waals surface area contributed by atoms with Crippen LogP contribution in [0.1, 0.15) is 20.7 Å². The van der Waals surface area contributed by atoms with Crippen LogP contribution >= 0.6 is 21.2 Å². The number of carbonyl (C=O) groups is 2. The molecule has 0 aromatic heterocycles. The Balaban J connectivity index is 3.68. The topological polar surface area (TPSA) is 135 Å². The van der Waals surface area contributed by atoms with E-state index in [2.05, 4.69) is 0 Å². The van der Waals surface area contributed by atoms with Gasteiger partial charge in [-0.2, -0.15) is 0 Å². The van der Waals surface area contributed by atoms with Gasteiger partial charge in [-0.1, -0.05) is 0 Å². The molecule has 1 aromatic carbocycles. The first-order chi connectivity index (χ1) is 7.88. The number of non-ortho nitro benzene ring substituents is 1. The van der Waals surface area contributed by atoms with Gasteiger partial charge in [-0.15, -0.1) is 0 Å². The molecule has 0 amide bonds. The summed E-state index contributed by atoms with van der Waals surface area (Å²) in [5.74, 6) is -3.11. The Morgan fingerprint density at radius 1 is 1.18 bits per heavy atom. The van der Waals surface area contributed by atoms with Crippen molar-refractivity contribution in [2.45, 2.75) is 0 Å². The number of halogens is 1. The average molecular weight is 353 g/mol. The maximum absolute atomic E-state index is 10.9. The lowest BCUT2D eigenvalue weighted by Gasteiger charge is -2.03. The third-order valence-electron chi connectivity index (χ3n) is 1.81. The van der Waals surface area contributed by atoms with Crippen LogP contribution in [0.4, 0.5) is 5.69 Å². The van der Waals surface area contributed by atoms with Crippen LogP contribution in [0.25, 0.3) is 0 Å². The number of carboxylic acids is 2. The Hall–Kier alpha value is -1.91. The first-order valence-electron chi connectivity index (χ1n) is 3.94. The highest BCUT2D eigenvalue weighted by Gasteiger charge is 2.24. The molecule has 17 heavy (non-hydrogen) atoms. The van der Waals surface area contributed by atoms with Gasteiger partial charge in [0.2, 0.25) is 0 Å². The lowest BCUT2D eigenvalue weighted by Crippen LogP contribution is -2.09. The molecule has 9 heteroatoms. The molecule has 0 fully saturated rings. The maximum Gasteiger partial charge on any atom is 0.337 e. The van der Waals surface area contributed by atoms with Gasteiger partial charge < -0.3 is 10.2 Å².